The molecule has 1 atom stereocenters. The highest BCUT2D eigenvalue weighted by Crippen LogP contribution is 2.33. The molecule has 9 heteroatoms. The summed E-state index contributed by atoms with van der Waals surface area (Å²) in [5.41, 5.74) is 6.76. The average molecular weight is 622 g/mol. The molecule has 2 aliphatic heterocycles. The van der Waals surface area contributed by atoms with Gasteiger partial charge in [0.1, 0.15) is 17.9 Å². The fraction of sp³-hybridized carbons (Fsp3) is 0.432. The summed E-state index contributed by atoms with van der Waals surface area (Å²) in [7, 11) is 0. The Morgan fingerprint density at radius 1 is 1.04 bits per heavy atom. The van der Waals surface area contributed by atoms with Gasteiger partial charge in [-0.3, -0.25) is 4.90 Å². The van der Waals surface area contributed by atoms with Gasteiger partial charge in [0, 0.05) is 72.6 Å². The molecule has 9 nitrogen and oxygen atoms in total. The Balaban J connectivity index is 1.03. The van der Waals surface area contributed by atoms with E-state index in [-0.39, 0.29) is 12.1 Å². The lowest BCUT2D eigenvalue weighted by molar-refractivity contribution is -0.0591. The standard InChI is InChI=1S/C37H43N5O4/c1-25-30-9-8-28(36(43)46-37(2,3)4)21-32(30)42(22-29-13-19-44-29)33(25)23-40-15-11-27(12-16-40)31-6-5-7-35(39-31)45-24-26-10-17-41-18-14-38-34(41)20-26/h5-10,14,17-18,20-21,27,29H,11-13,15-16,19,22-24H2,1-4H3/t29-/m0/s1. The number of pyridine rings is 2. The quantitative estimate of drug-likeness (QED) is 0.170. The van der Waals surface area contributed by atoms with E-state index in [4.69, 9.17) is 19.2 Å². The van der Waals surface area contributed by atoms with Crippen LogP contribution in [0.2, 0.25) is 0 Å². The van der Waals surface area contributed by atoms with Crippen LogP contribution in [0.5, 0.6) is 5.88 Å². The number of aromatic nitrogens is 4. The fourth-order valence-corrected chi connectivity index (χ4v) is 6.62. The van der Waals surface area contributed by atoms with Crippen molar-refractivity contribution in [2.75, 3.05) is 19.7 Å². The minimum Gasteiger partial charge on any atom is -0.473 e. The summed E-state index contributed by atoms with van der Waals surface area (Å²) in [5, 5.41) is 1.18. The molecule has 0 radical (unpaired) electrons. The number of esters is 1. The molecular weight excluding hydrogens is 578 g/mol. The van der Waals surface area contributed by atoms with Crippen molar-refractivity contribution < 1.29 is 19.0 Å². The van der Waals surface area contributed by atoms with Crippen LogP contribution in [0.15, 0.2) is 67.1 Å². The van der Waals surface area contributed by atoms with Crippen molar-refractivity contribution in [3.05, 3.63) is 95.2 Å². The van der Waals surface area contributed by atoms with Crippen molar-refractivity contribution in [1.29, 1.82) is 0 Å². The Kier molecular flexibility index (Phi) is 8.29. The van der Waals surface area contributed by atoms with E-state index in [9.17, 15) is 4.79 Å². The number of fused-ring (bicyclic) bond motifs is 2. The Hall–Kier alpha value is -4.21. The molecule has 0 spiro atoms. The number of aryl methyl sites for hydroxylation is 1. The number of likely N-dealkylation sites (tertiary alicyclic amines) is 1. The number of carbonyl (C=O) groups excluding carboxylic acids is 1. The Bertz CT molecular complexity index is 1860. The number of benzene rings is 1. The van der Waals surface area contributed by atoms with Gasteiger partial charge in [-0.1, -0.05) is 12.1 Å². The lowest BCUT2D eigenvalue weighted by Crippen LogP contribution is -2.35. The molecule has 1 aromatic carbocycles. The molecule has 4 aromatic heterocycles. The first-order valence-electron chi connectivity index (χ1n) is 16.4. The van der Waals surface area contributed by atoms with Gasteiger partial charge in [0.2, 0.25) is 5.88 Å². The first-order chi connectivity index (χ1) is 22.2. The predicted molar refractivity (Wildman–Crippen MR) is 177 cm³/mol. The third-order valence-corrected chi connectivity index (χ3v) is 9.24. The van der Waals surface area contributed by atoms with Gasteiger partial charge in [-0.05, 0) is 102 Å². The number of hydrogen-bond donors (Lipinski definition) is 0. The van der Waals surface area contributed by atoms with Gasteiger partial charge in [-0.2, -0.15) is 0 Å². The molecule has 0 N–H and O–H groups in total. The van der Waals surface area contributed by atoms with Crippen LogP contribution in [-0.2, 0) is 29.2 Å². The topological polar surface area (TPSA) is 83.1 Å². The Morgan fingerprint density at radius 2 is 1.87 bits per heavy atom. The minimum absolute atomic E-state index is 0.207. The van der Waals surface area contributed by atoms with Gasteiger partial charge < -0.3 is 23.2 Å². The second-order valence-corrected chi connectivity index (χ2v) is 13.7. The maximum Gasteiger partial charge on any atom is 0.338 e. The van der Waals surface area contributed by atoms with E-state index in [1.165, 1.54) is 16.6 Å². The molecule has 0 bridgehead atoms. The molecule has 0 unspecified atom stereocenters. The lowest BCUT2D eigenvalue weighted by atomic mass is 9.93. The third kappa shape index (κ3) is 6.52. The van der Waals surface area contributed by atoms with Crippen molar-refractivity contribution in [2.45, 2.75) is 84.3 Å². The number of rotatable bonds is 9. The smallest absolute Gasteiger partial charge is 0.338 e. The first kappa shape index (κ1) is 30.4. The zero-order valence-electron chi connectivity index (χ0n) is 27.2. The van der Waals surface area contributed by atoms with Crippen LogP contribution in [0.3, 0.4) is 0 Å². The number of nitrogens with zero attached hydrogens (tertiary/aromatic N) is 5. The second-order valence-electron chi connectivity index (χ2n) is 13.7. The van der Waals surface area contributed by atoms with Crippen LogP contribution >= 0.6 is 0 Å². The molecule has 46 heavy (non-hydrogen) atoms. The summed E-state index contributed by atoms with van der Waals surface area (Å²) in [6.07, 6.45) is 9.09. The second kappa shape index (κ2) is 12.5. The molecule has 2 saturated heterocycles. The van der Waals surface area contributed by atoms with Gasteiger partial charge in [-0.15, -0.1) is 0 Å². The van der Waals surface area contributed by atoms with E-state index >= 15 is 0 Å². The van der Waals surface area contributed by atoms with Crippen molar-refractivity contribution in [2.24, 2.45) is 0 Å². The molecule has 0 saturated carbocycles. The van der Waals surface area contributed by atoms with Gasteiger partial charge in [0.25, 0.3) is 0 Å². The molecule has 5 aromatic rings. The lowest BCUT2D eigenvalue weighted by Gasteiger charge is -2.33. The van der Waals surface area contributed by atoms with E-state index in [1.54, 1.807) is 6.20 Å². The molecule has 0 aliphatic carbocycles. The highest BCUT2D eigenvalue weighted by molar-refractivity contribution is 5.96. The molecule has 2 aliphatic rings. The average Bonchev–Trinajstić information content (AvgIpc) is 3.59. The van der Waals surface area contributed by atoms with Crippen LogP contribution in [-0.4, -0.2) is 61.2 Å². The van der Waals surface area contributed by atoms with E-state index in [1.807, 2.05) is 61.8 Å². The van der Waals surface area contributed by atoms with E-state index in [0.717, 1.165) is 74.5 Å². The van der Waals surface area contributed by atoms with E-state index < -0.39 is 5.60 Å². The number of imidazole rings is 1. The monoisotopic (exact) mass is 621 g/mol. The number of ether oxygens (including phenoxy) is 3. The van der Waals surface area contributed by atoms with Crippen molar-refractivity contribution in [1.82, 2.24) is 23.8 Å². The number of carbonyl (C=O) groups is 1. The Morgan fingerprint density at radius 3 is 2.63 bits per heavy atom. The fourth-order valence-electron chi connectivity index (χ4n) is 6.62. The van der Waals surface area contributed by atoms with Crippen molar-refractivity contribution in [3.8, 4) is 5.88 Å². The largest absolute Gasteiger partial charge is 0.473 e. The van der Waals surface area contributed by atoms with Crippen LogP contribution in [0.4, 0.5) is 0 Å². The van der Waals surface area contributed by atoms with Crippen LogP contribution in [0.25, 0.3) is 16.6 Å². The van der Waals surface area contributed by atoms with Crippen molar-refractivity contribution in [3.63, 3.8) is 0 Å². The summed E-state index contributed by atoms with van der Waals surface area (Å²) in [5.74, 6) is 0.766. The first-order valence-corrected chi connectivity index (χ1v) is 16.4. The summed E-state index contributed by atoms with van der Waals surface area (Å²) < 4.78 is 22.0. The molecule has 0 amide bonds. The van der Waals surface area contributed by atoms with Gasteiger partial charge in [0.05, 0.1) is 11.7 Å². The summed E-state index contributed by atoms with van der Waals surface area (Å²) in [4.78, 5) is 24.8. The summed E-state index contributed by atoms with van der Waals surface area (Å²) >= 11 is 0. The third-order valence-electron chi connectivity index (χ3n) is 9.24. The molecule has 2 fully saturated rings. The van der Waals surface area contributed by atoms with Gasteiger partial charge >= 0.3 is 5.97 Å². The number of piperidine rings is 1. The van der Waals surface area contributed by atoms with Crippen LogP contribution < -0.4 is 4.74 Å². The SMILES string of the molecule is Cc1c(CN2CCC(c3cccc(OCc4ccn5ccnc5c4)n3)CC2)n(C[C@@H]2CCO2)c2cc(C(=O)OC(C)(C)C)ccc12. The molecular formula is C37H43N5O4. The minimum atomic E-state index is -0.540. The maximum absolute atomic E-state index is 12.9. The molecule has 7 rings (SSSR count). The van der Waals surface area contributed by atoms with Gasteiger partial charge in [-0.25, -0.2) is 14.8 Å². The zero-order valence-corrected chi connectivity index (χ0v) is 27.2. The molecule has 6 heterocycles. The van der Waals surface area contributed by atoms with E-state index in [0.29, 0.717) is 24.0 Å². The predicted octanol–water partition coefficient (Wildman–Crippen LogP) is 6.70. The molecule has 240 valence electrons. The van der Waals surface area contributed by atoms with E-state index in [2.05, 4.69) is 45.6 Å². The number of hydrogen-bond acceptors (Lipinski definition) is 7. The van der Waals surface area contributed by atoms with Gasteiger partial charge in [0.15, 0.2) is 0 Å². The van der Waals surface area contributed by atoms with Crippen LogP contribution in [0, 0.1) is 6.92 Å². The summed E-state index contributed by atoms with van der Waals surface area (Å²) in [6, 6.07) is 16.2. The highest BCUT2D eigenvalue weighted by Gasteiger charge is 2.27. The Labute approximate surface area is 270 Å². The van der Waals surface area contributed by atoms with Crippen molar-refractivity contribution >= 4 is 22.5 Å². The highest BCUT2D eigenvalue weighted by atomic mass is 16.6. The summed E-state index contributed by atoms with van der Waals surface area (Å²) in [6.45, 7) is 12.8. The zero-order chi connectivity index (χ0) is 31.8. The maximum atomic E-state index is 12.9. The normalized spacial score (nSPS) is 17.8. The van der Waals surface area contributed by atoms with Crippen LogP contribution in [0.1, 0.15) is 78.8 Å².